The molecule has 0 spiro atoms. The first kappa shape index (κ1) is 13.5. The zero-order valence-electron chi connectivity index (χ0n) is 11.3. The third kappa shape index (κ3) is 2.74. The van der Waals surface area contributed by atoms with Crippen LogP contribution < -0.4 is 0 Å². The number of carbonyl (C=O) groups excluding carboxylic acids is 1. The molecule has 0 aliphatic rings. The van der Waals surface area contributed by atoms with Gasteiger partial charge in [0, 0.05) is 12.2 Å². The predicted molar refractivity (Wildman–Crippen MR) is 76.2 cm³/mol. The maximum Gasteiger partial charge on any atom is 0.198 e. The van der Waals surface area contributed by atoms with E-state index >= 15 is 0 Å². The number of rotatable bonds is 5. The highest BCUT2D eigenvalue weighted by Gasteiger charge is 2.36. The smallest absolute Gasteiger partial charge is 0.198 e. The lowest BCUT2D eigenvalue weighted by atomic mass is 9.87. The van der Waals surface area contributed by atoms with E-state index < -0.39 is 5.60 Å². The Kier molecular flexibility index (Phi) is 4.13. The Morgan fingerprint density at radius 2 is 1.53 bits per heavy atom. The van der Waals surface area contributed by atoms with Crippen molar-refractivity contribution in [1.82, 2.24) is 0 Å². The first-order valence-electron chi connectivity index (χ1n) is 6.48. The number of ketones is 1. The van der Waals surface area contributed by atoms with Crippen LogP contribution in [0.3, 0.4) is 0 Å². The Morgan fingerprint density at radius 1 is 1.00 bits per heavy atom. The lowest BCUT2D eigenvalue weighted by molar-refractivity contribution is -0.0126. The summed E-state index contributed by atoms with van der Waals surface area (Å²) in [7, 11) is 0. The topological polar surface area (TPSA) is 26.3 Å². The lowest BCUT2D eigenvalue weighted by Crippen LogP contribution is -2.35. The Morgan fingerprint density at radius 3 is 2.05 bits per heavy atom. The van der Waals surface area contributed by atoms with Crippen molar-refractivity contribution in [2.24, 2.45) is 0 Å². The molecule has 2 aromatic carbocycles. The van der Waals surface area contributed by atoms with Gasteiger partial charge < -0.3 is 4.74 Å². The van der Waals surface area contributed by atoms with Gasteiger partial charge in [0.25, 0.3) is 0 Å². The van der Waals surface area contributed by atoms with Crippen LogP contribution in [0.15, 0.2) is 60.7 Å². The van der Waals surface area contributed by atoms with E-state index in [2.05, 4.69) is 0 Å². The molecule has 98 valence electrons. The molecule has 0 aliphatic carbocycles. The van der Waals surface area contributed by atoms with Crippen molar-refractivity contribution >= 4 is 5.78 Å². The number of carbonyl (C=O) groups is 1. The normalized spacial score (nSPS) is 13.8. The molecular formula is C17H18O2. The molecule has 2 nitrogen and oxygen atoms in total. The summed E-state index contributed by atoms with van der Waals surface area (Å²) in [6, 6.07) is 18.9. The first-order chi connectivity index (χ1) is 9.18. The van der Waals surface area contributed by atoms with Crippen molar-refractivity contribution < 1.29 is 9.53 Å². The summed E-state index contributed by atoms with van der Waals surface area (Å²) in [6.07, 6.45) is 0. The standard InChI is InChI=1S/C17H18O2/c1-3-19-17(2,15-12-8-5-9-13-15)16(18)14-10-6-4-7-11-14/h4-13H,3H2,1-2H3. The minimum atomic E-state index is -0.933. The van der Waals surface area contributed by atoms with Gasteiger partial charge in [-0.1, -0.05) is 60.7 Å². The summed E-state index contributed by atoms with van der Waals surface area (Å²) in [6.45, 7) is 4.23. The minimum absolute atomic E-state index is 0.0128. The number of hydrogen-bond acceptors (Lipinski definition) is 2. The minimum Gasteiger partial charge on any atom is -0.363 e. The molecular weight excluding hydrogens is 236 g/mol. The zero-order chi connectivity index (χ0) is 13.7. The van der Waals surface area contributed by atoms with Gasteiger partial charge in [0.05, 0.1) is 0 Å². The summed E-state index contributed by atoms with van der Waals surface area (Å²) >= 11 is 0. The average Bonchev–Trinajstić information content (AvgIpc) is 2.48. The van der Waals surface area contributed by atoms with Crippen LogP contribution in [0.1, 0.15) is 29.8 Å². The van der Waals surface area contributed by atoms with Crippen molar-refractivity contribution in [1.29, 1.82) is 0 Å². The summed E-state index contributed by atoms with van der Waals surface area (Å²) in [5.41, 5.74) is 0.616. The second kappa shape index (κ2) is 5.81. The van der Waals surface area contributed by atoms with Crippen molar-refractivity contribution in [2.45, 2.75) is 19.4 Å². The summed E-state index contributed by atoms with van der Waals surface area (Å²) in [5.74, 6) is -0.0128. The second-order valence-electron chi connectivity index (χ2n) is 4.53. The van der Waals surface area contributed by atoms with E-state index in [9.17, 15) is 4.79 Å². The van der Waals surface area contributed by atoms with Gasteiger partial charge in [0.15, 0.2) is 11.4 Å². The Bertz CT molecular complexity index is 534. The summed E-state index contributed by atoms with van der Waals surface area (Å²) in [4.78, 5) is 12.7. The molecule has 0 saturated heterocycles. The zero-order valence-corrected chi connectivity index (χ0v) is 11.3. The van der Waals surface area contributed by atoms with Crippen LogP contribution in [0.25, 0.3) is 0 Å². The Labute approximate surface area is 114 Å². The van der Waals surface area contributed by atoms with Crippen LogP contribution in [0.2, 0.25) is 0 Å². The lowest BCUT2D eigenvalue weighted by Gasteiger charge is -2.28. The van der Waals surface area contributed by atoms with Crippen LogP contribution in [-0.2, 0) is 10.3 Å². The van der Waals surface area contributed by atoms with Crippen molar-refractivity contribution in [3.8, 4) is 0 Å². The van der Waals surface area contributed by atoms with Gasteiger partial charge >= 0.3 is 0 Å². The van der Waals surface area contributed by atoms with E-state index in [1.54, 1.807) is 0 Å². The van der Waals surface area contributed by atoms with Gasteiger partial charge in [-0.2, -0.15) is 0 Å². The molecule has 0 bridgehead atoms. The number of hydrogen-bond donors (Lipinski definition) is 0. The van der Waals surface area contributed by atoms with Crippen LogP contribution in [0.5, 0.6) is 0 Å². The van der Waals surface area contributed by atoms with Gasteiger partial charge in [0.2, 0.25) is 0 Å². The van der Waals surface area contributed by atoms with Gasteiger partial charge in [-0.15, -0.1) is 0 Å². The third-order valence-electron chi connectivity index (χ3n) is 3.23. The SMILES string of the molecule is CCOC(C)(C(=O)c1ccccc1)c1ccccc1. The van der Waals surface area contributed by atoms with Crippen molar-refractivity contribution in [2.75, 3.05) is 6.61 Å². The quantitative estimate of drug-likeness (QED) is 0.758. The molecule has 1 unspecified atom stereocenters. The highest BCUT2D eigenvalue weighted by atomic mass is 16.5. The first-order valence-corrected chi connectivity index (χ1v) is 6.48. The average molecular weight is 254 g/mol. The fraction of sp³-hybridized carbons (Fsp3) is 0.235. The van der Waals surface area contributed by atoms with Gasteiger partial charge in [-0.25, -0.2) is 0 Å². The maximum absolute atomic E-state index is 12.7. The van der Waals surface area contributed by atoms with Gasteiger partial charge in [0.1, 0.15) is 0 Å². The predicted octanol–water partition coefficient (Wildman–Crippen LogP) is 3.82. The number of Topliss-reactive ketones (excluding diaryl/α,β-unsaturated/α-hetero) is 1. The summed E-state index contributed by atoms with van der Waals surface area (Å²) in [5, 5.41) is 0. The molecule has 2 aromatic rings. The molecule has 0 fully saturated rings. The highest BCUT2D eigenvalue weighted by Crippen LogP contribution is 2.29. The van der Waals surface area contributed by atoms with Crippen LogP contribution in [0, 0.1) is 0 Å². The van der Waals surface area contributed by atoms with E-state index in [4.69, 9.17) is 4.74 Å². The third-order valence-corrected chi connectivity index (χ3v) is 3.23. The molecule has 0 N–H and O–H groups in total. The van der Waals surface area contributed by atoms with Crippen LogP contribution >= 0.6 is 0 Å². The highest BCUT2D eigenvalue weighted by molar-refractivity contribution is 6.02. The van der Waals surface area contributed by atoms with Crippen LogP contribution in [-0.4, -0.2) is 12.4 Å². The van der Waals surface area contributed by atoms with E-state index in [-0.39, 0.29) is 5.78 Å². The molecule has 0 radical (unpaired) electrons. The largest absolute Gasteiger partial charge is 0.363 e. The number of ether oxygens (including phenoxy) is 1. The van der Waals surface area contributed by atoms with E-state index in [0.717, 1.165) is 5.56 Å². The van der Waals surface area contributed by atoms with E-state index in [0.29, 0.717) is 12.2 Å². The molecule has 0 amide bonds. The van der Waals surface area contributed by atoms with Gasteiger partial charge in [-0.3, -0.25) is 4.79 Å². The van der Waals surface area contributed by atoms with Crippen molar-refractivity contribution in [3.05, 3.63) is 71.8 Å². The van der Waals surface area contributed by atoms with Crippen molar-refractivity contribution in [3.63, 3.8) is 0 Å². The Balaban J connectivity index is 2.43. The molecule has 0 aliphatic heterocycles. The molecule has 1 atom stereocenters. The fourth-order valence-corrected chi connectivity index (χ4v) is 2.19. The molecule has 0 heterocycles. The summed E-state index contributed by atoms with van der Waals surface area (Å²) < 4.78 is 5.78. The fourth-order valence-electron chi connectivity index (χ4n) is 2.19. The van der Waals surface area contributed by atoms with Crippen LogP contribution in [0.4, 0.5) is 0 Å². The maximum atomic E-state index is 12.7. The second-order valence-corrected chi connectivity index (χ2v) is 4.53. The molecule has 19 heavy (non-hydrogen) atoms. The van der Waals surface area contributed by atoms with E-state index in [1.165, 1.54) is 0 Å². The Hall–Kier alpha value is -1.93. The molecule has 0 aromatic heterocycles. The molecule has 0 saturated carbocycles. The molecule has 2 rings (SSSR count). The molecule has 2 heteroatoms. The number of benzene rings is 2. The van der Waals surface area contributed by atoms with E-state index in [1.807, 2.05) is 74.5 Å². The van der Waals surface area contributed by atoms with Gasteiger partial charge in [-0.05, 0) is 19.4 Å². The monoisotopic (exact) mass is 254 g/mol.